The fraction of sp³-hybridized carbons (Fsp3) is 0.450. The predicted octanol–water partition coefficient (Wildman–Crippen LogP) is 2.68. The normalized spacial score (nSPS) is 17.2. The highest BCUT2D eigenvalue weighted by Crippen LogP contribution is 2.34. The minimum Gasteiger partial charge on any atom is -0.486 e. The van der Waals surface area contributed by atoms with E-state index in [0.29, 0.717) is 5.75 Å². The van der Waals surface area contributed by atoms with Crippen molar-refractivity contribution in [1.82, 2.24) is 5.32 Å². The maximum atomic E-state index is 12.2. The van der Waals surface area contributed by atoms with Gasteiger partial charge in [-0.05, 0) is 50.3 Å². The first-order valence-electron chi connectivity index (χ1n) is 9.05. The molecule has 1 atom stereocenters. The van der Waals surface area contributed by atoms with E-state index in [2.05, 4.69) is 5.32 Å². The number of ether oxygens (including phenoxy) is 1. The van der Waals surface area contributed by atoms with Crippen LogP contribution < -0.4 is 10.1 Å². The van der Waals surface area contributed by atoms with Crippen LogP contribution in [0.2, 0.25) is 0 Å². The second-order valence-electron chi connectivity index (χ2n) is 6.97. The Labute approximate surface area is 151 Å². The fourth-order valence-electron chi connectivity index (χ4n) is 3.36. The summed E-state index contributed by atoms with van der Waals surface area (Å²) in [5.41, 5.74) is 2.05. The van der Waals surface area contributed by atoms with Crippen LogP contribution in [0.4, 0.5) is 0 Å². The predicted molar refractivity (Wildman–Crippen MR) is 93.6 cm³/mol. The molecule has 2 aliphatic carbocycles. The van der Waals surface area contributed by atoms with Gasteiger partial charge in [-0.1, -0.05) is 0 Å². The van der Waals surface area contributed by atoms with E-state index in [9.17, 15) is 9.59 Å². The molecule has 1 saturated carbocycles. The maximum Gasteiger partial charge on any atom is 0.245 e. The zero-order valence-corrected chi connectivity index (χ0v) is 14.4. The zero-order chi connectivity index (χ0) is 18.1. The summed E-state index contributed by atoms with van der Waals surface area (Å²) in [6, 6.07) is 7.36. The van der Waals surface area contributed by atoms with Crippen molar-refractivity contribution in [2.75, 3.05) is 6.61 Å². The molecule has 4 rings (SSSR count). The van der Waals surface area contributed by atoms with E-state index in [1.807, 2.05) is 12.1 Å². The number of fused-ring (bicyclic) bond motifs is 3. The Morgan fingerprint density at radius 3 is 2.88 bits per heavy atom. The number of aryl methyl sites for hydroxylation is 2. The van der Waals surface area contributed by atoms with Gasteiger partial charge in [0.2, 0.25) is 5.91 Å². The van der Waals surface area contributed by atoms with Crippen LogP contribution in [0.5, 0.6) is 5.75 Å². The Morgan fingerprint density at radius 1 is 1.31 bits per heavy atom. The topological polar surface area (TPSA) is 92.3 Å². The van der Waals surface area contributed by atoms with Gasteiger partial charge in [0.15, 0.2) is 11.7 Å². The third-order valence-corrected chi connectivity index (χ3v) is 4.94. The molecule has 1 fully saturated rings. The molecule has 26 heavy (non-hydrogen) atoms. The summed E-state index contributed by atoms with van der Waals surface area (Å²) >= 11 is 0. The van der Waals surface area contributed by atoms with Gasteiger partial charge in [0, 0.05) is 23.4 Å². The molecule has 1 unspecified atom stereocenters. The average Bonchev–Trinajstić information content (AvgIpc) is 3.38. The van der Waals surface area contributed by atoms with E-state index in [1.54, 1.807) is 12.1 Å². The van der Waals surface area contributed by atoms with Gasteiger partial charge in [-0.25, -0.2) is 0 Å². The lowest BCUT2D eigenvalue weighted by Gasteiger charge is -2.11. The minimum atomic E-state index is -1.32. The smallest absolute Gasteiger partial charge is 0.245 e. The summed E-state index contributed by atoms with van der Waals surface area (Å²) in [5, 5.41) is 12.9. The van der Waals surface area contributed by atoms with Crippen molar-refractivity contribution in [3.63, 3.8) is 0 Å². The van der Waals surface area contributed by atoms with Crippen molar-refractivity contribution in [3.8, 4) is 11.8 Å². The number of rotatable bonds is 6. The number of Topliss-reactive ketones (excluding diaryl/α,β-unsaturated/α-hetero) is 1. The van der Waals surface area contributed by atoms with Crippen molar-refractivity contribution < 1.29 is 18.7 Å². The van der Waals surface area contributed by atoms with Crippen molar-refractivity contribution in [2.45, 2.75) is 44.6 Å². The van der Waals surface area contributed by atoms with Crippen molar-refractivity contribution >= 4 is 22.7 Å². The standard InChI is InChI=1S/C20H20N2O4/c21-10-16(20(24)22-12-5-6-12)17(23)11-25-13-7-8-19-15(9-13)14-3-1-2-4-18(14)26-19/h7-9,12,16H,1-6,11H2,(H,22,24). The molecule has 1 aromatic heterocycles. The van der Waals surface area contributed by atoms with E-state index in [-0.39, 0.29) is 12.6 Å². The monoisotopic (exact) mass is 352 g/mol. The Morgan fingerprint density at radius 2 is 2.12 bits per heavy atom. The van der Waals surface area contributed by atoms with E-state index < -0.39 is 17.6 Å². The number of benzene rings is 1. The van der Waals surface area contributed by atoms with Crippen LogP contribution >= 0.6 is 0 Å². The van der Waals surface area contributed by atoms with Gasteiger partial charge >= 0.3 is 0 Å². The van der Waals surface area contributed by atoms with Crippen LogP contribution in [0, 0.1) is 17.2 Å². The number of carbonyl (C=O) groups excluding carboxylic acids is 2. The number of nitrogens with zero attached hydrogens (tertiary/aromatic N) is 1. The number of hydrogen-bond donors (Lipinski definition) is 1. The quantitative estimate of drug-likeness (QED) is 0.807. The van der Waals surface area contributed by atoms with Crippen LogP contribution in [0.1, 0.15) is 37.0 Å². The first kappa shape index (κ1) is 16.6. The van der Waals surface area contributed by atoms with Gasteiger partial charge in [0.1, 0.15) is 23.7 Å². The molecule has 1 amide bonds. The molecule has 0 radical (unpaired) electrons. The Balaban J connectivity index is 1.44. The SMILES string of the molecule is N#CC(C(=O)COc1ccc2oc3c(c2c1)CCCC3)C(=O)NC1CC1. The second kappa shape index (κ2) is 6.83. The van der Waals surface area contributed by atoms with Gasteiger partial charge < -0.3 is 14.5 Å². The molecule has 134 valence electrons. The number of nitriles is 1. The molecule has 1 aromatic carbocycles. The van der Waals surface area contributed by atoms with Crippen LogP contribution in [-0.2, 0) is 22.4 Å². The summed E-state index contributed by atoms with van der Waals surface area (Å²) in [5.74, 6) is -0.788. The molecule has 1 heterocycles. The number of ketones is 1. The summed E-state index contributed by atoms with van der Waals surface area (Å²) in [6.45, 7) is -0.304. The second-order valence-corrected chi connectivity index (χ2v) is 6.97. The van der Waals surface area contributed by atoms with Gasteiger partial charge in [0.25, 0.3) is 0 Å². The first-order valence-corrected chi connectivity index (χ1v) is 9.05. The van der Waals surface area contributed by atoms with Crippen LogP contribution in [-0.4, -0.2) is 24.3 Å². The zero-order valence-electron chi connectivity index (χ0n) is 14.4. The third kappa shape index (κ3) is 3.30. The molecule has 2 aromatic rings. The van der Waals surface area contributed by atoms with Crippen LogP contribution in [0.15, 0.2) is 22.6 Å². The lowest BCUT2D eigenvalue weighted by Crippen LogP contribution is -2.37. The van der Waals surface area contributed by atoms with E-state index in [4.69, 9.17) is 14.4 Å². The van der Waals surface area contributed by atoms with Crippen LogP contribution in [0.3, 0.4) is 0 Å². The van der Waals surface area contributed by atoms with Crippen molar-refractivity contribution in [2.24, 2.45) is 5.92 Å². The summed E-state index contributed by atoms with van der Waals surface area (Å²) < 4.78 is 11.5. The molecule has 1 N–H and O–H groups in total. The van der Waals surface area contributed by atoms with Gasteiger partial charge in [-0.15, -0.1) is 0 Å². The highest BCUT2D eigenvalue weighted by atomic mass is 16.5. The molecule has 6 heteroatoms. The minimum absolute atomic E-state index is 0.113. The molecule has 0 bridgehead atoms. The molecule has 0 saturated heterocycles. The van der Waals surface area contributed by atoms with Crippen molar-refractivity contribution in [1.29, 1.82) is 5.26 Å². The highest BCUT2D eigenvalue weighted by Gasteiger charge is 2.31. The Bertz CT molecular complexity index is 904. The lowest BCUT2D eigenvalue weighted by molar-refractivity contribution is -0.132. The summed E-state index contributed by atoms with van der Waals surface area (Å²) in [6.07, 6.45) is 6.04. The summed E-state index contributed by atoms with van der Waals surface area (Å²) in [7, 11) is 0. The van der Waals surface area contributed by atoms with E-state index >= 15 is 0 Å². The molecular weight excluding hydrogens is 332 g/mol. The fourth-order valence-corrected chi connectivity index (χ4v) is 3.36. The van der Waals surface area contributed by atoms with Crippen molar-refractivity contribution in [3.05, 3.63) is 29.5 Å². The van der Waals surface area contributed by atoms with Gasteiger partial charge in [0.05, 0.1) is 6.07 Å². The maximum absolute atomic E-state index is 12.2. The van der Waals surface area contributed by atoms with Crippen LogP contribution in [0.25, 0.3) is 11.0 Å². The number of carbonyl (C=O) groups is 2. The Hall–Kier alpha value is -2.81. The number of furan rings is 1. The lowest BCUT2D eigenvalue weighted by atomic mass is 9.96. The third-order valence-electron chi connectivity index (χ3n) is 4.94. The largest absolute Gasteiger partial charge is 0.486 e. The van der Waals surface area contributed by atoms with E-state index in [0.717, 1.165) is 55.3 Å². The van der Waals surface area contributed by atoms with E-state index in [1.165, 1.54) is 5.56 Å². The molecule has 0 spiro atoms. The first-order chi connectivity index (χ1) is 12.7. The highest BCUT2D eigenvalue weighted by molar-refractivity contribution is 6.04. The molecule has 2 aliphatic rings. The molecule has 6 nitrogen and oxygen atoms in total. The number of hydrogen-bond acceptors (Lipinski definition) is 5. The number of amides is 1. The summed E-state index contributed by atoms with van der Waals surface area (Å²) in [4.78, 5) is 24.2. The van der Waals surface area contributed by atoms with Gasteiger partial charge in [-0.2, -0.15) is 5.26 Å². The average molecular weight is 352 g/mol. The number of nitrogens with one attached hydrogen (secondary N) is 1. The molecular formula is C20H20N2O4. The Kier molecular flexibility index (Phi) is 4.37. The molecule has 0 aliphatic heterocycles. The van der Waals surface area contributed by atoms with Gasteiger partial charge in [-0.3, -0.25) is 9.59 Å².